The van der Waals surface area contributed by atoms with Crippen molar-refractivity contribution in [2.75, 3.05) is 0 Å². The fourth-order valence-electron chi connectivity index (χ4n) is 21.9. The van der Waals surface area contributed by atoms with Crippen LogP contribution in [0.2, 0.25) is 0 Å². The smallest absolute Gasteiger partial charge is 0.0104 e. The number of fused-ring (bicyclic) bond motifs is 11. The predicted octanol–water partition coefficient (Wildman–Crippen LogP) is 15.3. The first-order valence-electron chi connectivity index (χ1n) is 28.0. The molecule has 12 saturated carbocycles. The lowest BCUT2D eigenvalue weighted by molar-refractivity contribution is -0.107. The van der Waals surface area contributed by atoms with Gasteiger partial charge in [0.15, 0.2) is 0 Å². The zero-order valence-electron chi connectivity index (χ0n) is 37.3. The first kappa shape index (κ1) is 38.6. The van der Waals surface area contributed by atoms with E-state index in [-0.39, 0.29) is 0 Å². The maximum Gasteiger partial charge on any atom is 0.0104 e. The molecule has 0 heterocycles. The van der Waals surface area contributed by atoms with E-state index >= 15 is 0 Å². The van der Waals surface area contributed by atoms with Crippen molar-refractivity contribution in [2.45, 2.75) is 243 Å². The summed E-state index contributed by atoms with van der Waals surface area (Å²) in [4.78, 5) is 3.53. The Kier molecular flexibility index (Phi) is 11.2. The summed E-state index contributed by atoms with van der Waals surface area (Å²) in [5.41, 5.74) is 0. The molecule has 0 spiro atoms. The van der Waals surface area contributed by atoms with E-state index in [0.29, 0.717) is 0 Å². The molecule has 0 N–H and O–H groups in total. The topological polar surface area (TPSA) is 3.24 Å². The standard InChI is InChI=1S/C56H91N/c1-2-12-36(13-3-1)37-22-25-44(26-23-37)57(46-28-29-52-50-20-9-8-18-48(50)49-19-10-11-21-51(49)54(52)35-46)45-27-24-41-33-43-32-40-16-6-7-17-47(40)55(56(43)53(41)34-45)42-30-38-14-4-5-15-39(38)31-42/h36-56H,1-35H2. The molecule has 12 rings (SSSR count). The summed E-state index contributed by atoms with van der Waals surface area (Å²) >= 11 is 0. The molecule has 12 aliphatic rings. The second kappa shape index (κ2) is 16.6. The van der Waals surface area contributed by atoms with E-state index in [2.05, 4.69) is 4.90 Å². The van der Waals surface area contributed by atoms with Crippen LogP contribution in [-0.2, 0) is 0 Å². The molecule has 0 radical (unpaired) electrons. The van der Waals surface area contributed by atoms with Crippen molar-refractivity contribution in [3.05, 3.63) is 0 Å². The molecule has 17 unspecified atom stereocenters. The zero-order valence-corrected chi connectivity index (χ0v) is 37.3. The molecular weight excluding hydrogens is 687 g/mol. The summed E-state index contributed by atoms with van der Waals surface area (Å²) < 4.78 is 0. The zero-order chi connectivity index (χ0) is 37.5. The third-order valence-corrected chi connectivity index (χ3v) is 23.6. The van der Waals surface area contributed by atoms with Crippen molar-refractivity contribution in [3.63, 3.8) is 0 Å². The van der Waals surface area contributed by atoms with E-state index in [1.165, 1.54) is 6.42 Å². The van der Waals surface area contributed by atoms with Crippen molar-refractivity contribution in [2.24, 2.45) is 107 Å². The van der Waals surface area contributed by atoms with Gasteiger partial charge in [0.25, 0.3) is 0 Å². The summed E-state index contributed by atoms with van der Waals surface area (Å²) in [5.74, 6) is 20.1. The van der Waals surface area contributed by atoms with E-state index < -0.39 is 0 Å². The first-order chi connectivity index (χ1) is 28.2. The summed E-state index contributed by atoms with van der Waals surface area (Å²) in [7, 11) is 0. The Morgan fingerprint density at radius 2 is 0.561 bits per heavy atom. The Balaban J connectivity index is 0.831. The van der Waals surface area contributed by atoms with Gasteiger partial charge in [0, 0.05) is 18.1 Å². The molecule has 0 bridgehead atoms. The molecule has 17 atom stereocenters. The van der Waals surface area contributed by atoms with Gasteiger partial charge in [-0.25, -0.2) is 0 Å². The van der Waals surface area contributed by atoms with Gasteiger partial charge in [-0.05, 0) is 229 Å². The van der Waals surface area contributed by atoms with Crippen molar-refractivity contribution in [3.8, 4) is 0 Å². The molecule has 0 aliphatic heterocycles. The molecular formula is C56H91N. The van der Waals surface area contributed by atoms with Crippen LogP contribution in [0.1, 0.15) is 225 Å². The lowest BCUT2D eigenvalue weighted by Crippen LogP contribution is -2.58. The number of nitrogens with zero attached hydrogens (tertiary/aromatic N) is 1. The average Bonchev–Trinajstić information content (AvgIpc) is 3.87. The van der Waals surface area contributed by atoms with Crippen molar-refractivity contribution in [1.29, 1.82) is 0 Å². The lowest BCUT2D eigenvalue weighted by Gasteiger charge is -2.60. The van der Waals surface area contributed by atoms with Gasteiger partial charge in [0.1, 0.15) is 0 Å². The summed E-state index contributed by atoms with van der Waals surface area (Å²) in [6.45, 7) is 0. The molecule has 57 heavy (non-hydrogen) atoms. The van der Waals surface area contributed by atoms with E-state index in [0.717, 1.165) is 125 Å². The number of hydrogen-bond donors (Lipinski definition) is 0. The number of rotatable bonds is 5. The molecule has 12 fully saturated rings. The Hall–Kier alpha value is -0.0400. The van der Waals surface area contributed by atoms with Gasteiger partial charge >= 0.3 is 0 Å². The van der Waals surface area contributed by atoms with Crippen LogP contribution in [0.5, 0.6) is 0 Å². The molecule has 0 saturated heterocycles. The van der Waals surface area contributed by atoms with Gasteiger partial charge in [-0.2, -0.15) is 0 Å². The Bertz CT molecular complexity index is 1310. The van der Waals surface area contributed by atoms with Gasteiger partial charge < -0.3 is 0 Å². The van der Waals surface area contributed by atoms with E-state index in [9.17, 15) is 0 Å². The molecule has 0 amide bonds. The van der Waals surface area contributed by atoms with Crippen LogP contribution < -0.4 is 0 Å². The molecule has 12 aliphatic carbocycles. The molecule has 0 aromatic heterocycles. The first-order valence-corrected chi connectivity index (χ1v) is 28.0. The van der Waals surface area contributed by atoms with Crippen molar-refractivity contribution in [1.82, 2.24) is 4.90 Å². The highest BCUT2D eigenvalue weighted by Crippen LogP contribution is 2.66. The minimum atomic E-state index is 0.932. The van der Waals surface area contributed by atoms with Crippen LogP contribution in [0.25, 0.3) is 0 Å². The highest BCUT2D eigenvalue weighted by molar-refractivity contribution is 5.09. The van der Waals surface area contributed by atoms with Gasteiger partial charge in [0.05, 0.1) is 0 Å². The molecule has 1 nitrogen and oxygen atoms in total. The highest BCUT2D eigenvalue weighted by atomic mass is 15.2. The molecule has 0 aromatic rings. The normalized spacial score (nSPS) is 54.1. The fourth-order valence-corrected chi connectivity index (χ4v) is 21.9. The Labute approximate surface area is 353 Å². The van der Waals surface area contributed by atoms with Crippen LogP contribution in [-0.4, -0.2) is 23.0 Å². The minimum absolute atomic E-state index is 0.932. The third kappa shape index (κ3) is 7.06. The third-order valence-electron chi connectivity index (χ3n) is 23.6. The van der Waals surface area contributed by atoms with Gasteiger partial charge in [0.2, 0.25) is 0 Å². The molecule has 320 valence electrons. The van der Waals surface area contributed by atoms with E-state index in [4.69, 9.17) is 0 Å². The lowest BCUT2D eigenvalue weighted by atomic mass is 9.47. The van der Waals surface area contributed by atoms with Gasteiger partial charge in [-0.3, -0.25) is 4.90 Å². The van der Waals surface area contributed by atoms with Crippen LogP contribution in [0.3, 0.4) is 0 Å². The van der Waals surface area contributed by atoms with Crippen LogP contribution in [0, 0.1) is 107 Å². The summed E-state index contributed by atoms with van der Waals surface area (Å²) in [5, 5.41) is 0. The van der Waals surface area contributed by atoms with E-state index in [1.54, 1.807) is 218 Å². The quantitative estimate of drug-likeness (QED) is 0.269. The summed E-state index contributed by atoms with van der Waals surface area (Å²) in [6.07, 6.45) is 56.1. The molecule has 0 aromatic carbocycles. The Morgan fingerprint density at radius 3 is 1.19 bits per heavy atom. The average molecular weight is 778 g/mol. The maximum absolute atomic E-state index is 3.53. The Morgan fingerprint density at radius 1 is 0.193 bits per heavy atom. The maximum atomic E-state index is 3.53. The fraction of sp³-hybridized carbons (Fsp3) is 1.00. The second-order valence-electron chi connectivity index (χ2n) is 25.5. The van der Waals surface area contributed by atoms with Crippen LogP contribution >= 0.6 is 0 Å². The highest BCUT2D eigenvalue weighted by Gasteiger charge is 2.59. The SMILES string of the molecule is C1CCC(C2CCC(N(C3CCC4C5CCCCC5C5CCCCC5C4C3)C3CCC4CC5CC6CCCCC6C(C6CC7CCCCC7C6)C5C4C3)CC2)CC1. The largest absolute Gasteiger partial charge is 0.294 e. The minimum Gasteiger partial charge on any atom is -0.294 e. The number of hydrogen-bond acceptors (Lipinski definition) is 1. The van der Waals surface area contributed by atoms with Crippen molar-refractivity contribution >= 4 is 0 Å². The van der Waals surface area contributed by atoms with Gasteiger partial charge in [-0.1, -0.05) is 103 Å². The predicted molar refractivity (Wildman–Crippen MR) is 238 cm³/mol. The van der Waals surface area contributed by atoms with Gasteiger partial charge in [-0.15, -0.1) is 0 Å². The monoisotopic (exact) mass is 778 g/mol. The van der Waals surface area contributed by atoms with Crippen LogP contribution in [0.15, 0.2) is 0 Å². The van der Waals surface area contributed by atoms with Crippen molar-refractivity contribution < 1.29 is 0 Å². The summed E-state index contributed by atoms with van der Waals surface area (Å²) in [6, 6.07) is 2.81. The molecule has 1 heteroatoms. The second-order valence-corrected chi connectivity index (χ2v) is 25.5. The van der Waals surface area contributed by atoms with E-state index in [1.807, 2.05) is 0 Å². The van der Waals surface area contributed by atoms with Crippen LogP contribution in [0.4, 0.5) is 0 Å².